The van der Waals surface area contributed by atoms with Gasteiger partial charge in [-0.15, -0.1) is 0 Å². The van der Waals surface area contributed by atoms with Gasteiger partial charge >= 0.3 is 6.18 Å². The molecule has 18 heavy (non-hydrogen) atoms. The predicted molar refractivity (Wildman–Crippen MR) is 64.6 cm³/mol. The number of ether oxygens (including phenoxy) is 1. The maximum atomic E-state index is 12.5. The van der Waals surface area contributed by atoms with E-state index in [1.807, 2.05) is 18.7 Å². The summed E-state index contributed by atoms with van der Waals surface area (Å²) < 4.78 is 43.0. The molecule has 0 aromatic carbocycles. The minimum atomic E-state index is -4.09. The van der Waals surface area contributed by atoms with Gasteiger partial charge in [0.25, 0.3) is 0 Å². The molecule has 108 valence electrons. The molecule has 0 saturated carbocycles. The molecule has 1 aliphatic heterocycles. The summed E-state index contributed by atoms with van der Waals surface area (Å²) in [5, 5.41) is 3.14. The van der Waals surface area contributed by atoms with Gasteiger partial charge in [-0.1, -0.05) is 0 Å². The van der Waals surface area contributed by atoms with Crippen molar-refractivity contribution in [3.05, 3.63) is 0 Å². The Kier molecular flexibility index (Phi) is 6.38. The topological polar surface area (TPSA) is 24.5 Å². The maximum Gasteiger partial charge on any atom is 0.390 e. The Labute approximate surface area is 107 Å². The van der Waals surface area contributed by atoms with Crippen molar-refractivity contribution in [1.82, 2.24) is 10.2 Å². The summed E-state index contributed by atoms with van der Waals surface area (Å²) >= 11 is 0. The minimum Gasteiger partial charge on any atom is -0.377 e. The maximum absolute atomic E-state index is 12.5. The summed E-state index contributed by atoms with van der Waals surface area (Å²) in [5.41, 5.74) is 0. The molecular weight excluding hydrogens is 245 g/mol. The van der Waals surface area contributed by atoms with Gasteiger partial charge in [0.2, 0.25) is 0 Å². The van der Waals surface area contributed by atoms with Gasteiger partial charge in [0.1, 0.15) is 0 Å². The average molecular weight is 268 g/mol. The summed E-state index contributed by atoms with van der Waals surface area (Å²) in [6.07, 6.45) is -4.15. The first kappa shape index (κ1) is 15.7. The van der Waals surface area contributed by atoms with Crippen molar-refractivity contribution in [3.63, 3.8) is 0 Å². The lowest BCUT2D eigenvalue weighted by atomic mass is 10.1. The highest BCUT2D eigenvalue weighted by molar-refractivity contribution is 4.79. The van der Waals surface area contributed by atoms with E-state index in [4.69, 9.17) is 4.74 Å². The molecule has 1 N–H and O–H groups in total. The number of hydrogen-bond donors (Lipinski definition) is 1. The van der Waals surface area contributed by atoms with Crippen LogP contribution in [0.3, 0.4) is 0 Å². The zero-order valence-corrected chi connectivity index (χ0v) is 11.1. The first-order chi connectivity index (χ1) is 8.38. The lowest BCUT2D eigenvalue weighted by Gasteiger charge is -2.30. The first-order valence-electron chi connectivity index (χ1n) is 6.51. The van der Waals surface area contributed by atoms with Crippen LogP contribution in [0.15, 0.2) is 0 Å². The Balaban J connectivity index is 2.46. The molecule has 3 nitrogen and oxygen atoms in total. The van der Waals surface area contributed by atoms with E-state index >= 15 is 0 Å². The fourth-order valence-corrected chi connectivity index (χ4v) is 2.18. The molecular formula is C12H23F3N2O. The van der Waals surface area contributed by atoms with Crippen molar-refractivity contribution in [3.8, 4) is 0 Å². The smallest absolute Gasteiger partial charge is 0.377 e. The zero-order chi connectivity index (χ0) is 13.6. The molecule has 0 aromatic rings. The molecule has 0 radical (unpaired) electrons. The van der Waals surface area contributed by atoms with Crippen LogP contribution in [0, 0.1) is 0 Å². The van der Waals surface area contributed by atoms with Crippen LogP contribution >= 0.6 is 0 Å². The number of nitrogens with zero attached hydrogens (tertiary/aromatic N) is 1. The van der Waals surface area contributed by atoms with E-state index in [1.165, 1.54) is 0 Å². The number of halogens is 3. The second-order valence-electron chi connectivity index (χ2n) is 4.97. The Bertz CT molecular complexity index is 234. The van der Waals surface area contributed by atoms with E-state index in [1.54, 1.807) is 0 Å². The van der Waals surface area contributed by atoms with Crippen molar-refractivity contribution in [2.45, 2.75) is 45.0 Å². The van der Waals surface area contributed by atoms with Crippen molar-refractivity contribution in [1.29, 1.82) is 0 Å². The van der Waals surface area contributed by atoms with Gasteiger partial charge < -0.3 is 10.1 Å². The van der Waals surface area contributed by atoms with Gasteiger partial charge in [-0.25, -0.2) is 0 Å². The largest absolute Gasteiger partial charge is 0.390 e. The SMILES string of the molecule is CC(C)OCCN1CCNCCC1CC(F)(F)F. The van der Waals surface area contributed by atoms with Crippen molar-refractivity contribution >= 4 is 0 Å². The predicted octanol–water partition coefficient (Wildman–Crippen LogP) is 2.03. The monoisotopic (exact) mass is 268 g/mol. The summed E-state index contributed by atoms with van der Waals surface area (Å²) in [6.45, 7) is 6.97. The fraction of sp³-hybridized carbons (Fsp3) is 1.00. The van der Waals surface area contributed by atoms with E-state index in [2.05, 4.69) is 5.32 Å². The highest BCUT2D eigenvalue weighted by atomic mass is 19.4. The van der Waals surface area contributed by atoms with Gasteiger partial charge in [-0.3, -0.25) is 4.90 Å². The third-order valence-corrected chi connectivity index (χ3v) is 3.04. The van der Waals surface area contributed by atoms with Gasteiger partial charge in [0.05, 0.1) is 19.1 Å². The summed E-state index contributed by atoms with van der Waals surface area (Å²) in [7, 11) is 0. The highest BCUT2D eigenvalue weighted by Gasteiger charge is 2.34. The molecule has 0 spiro atoms. The normalized spacial score (nSPS) is 23.3. The highest BCUT2D eigenvalue weighted by Crippen LogP contribution is 2.26. The van der Waals surface area contributed by atoms with Crippen LogP contribution in [0.5, 0.6) is 0 Å². The molecule has 1 rings (SSSR count). The molecule has 0 amide bonds. The molecule has 1 heterocycles. The average Bonchev–Trinajstić information content (AvgIpc) is 2.42. The lowest BCUT2D eigenvalue weighted by Crippen LogP contribution is -2.41. The van der Waals surface area contributed by atoms with Crippen molar-refractivity contribution < 1.29 is 17.9 Å². The fourth-order valence-electron chi connectivity index (χ4n) is 2.18. The van der Waals surface area contributed by atoms with E-state index in [0.29, 0.717) is 32.7 Å². The second-order valence-corrected chi connectivity index (χ2v) is 4.97. The standard InChI is InChI=1S/C12H23F3N2O/c1-10(2)18-8-7-17-6-5-16-4-3-11(17)9-12(13,14)15/h10-11,16H,3-9H2,1-2H3. The first-order valence-corrected chi connectivity index (χ1v) is 6.51. The van der Waals surface area contributed by atoms with Crippen molar-refractivity contribution in [2.75, 3.05) is 32.8 Å². The van der Waals surface area contributed by atoms with Crippen LogP contribution in [-0.4, -0.2) is 56.0 Å². The van der Waals surface area contributed by atoms with Crippen LogP contribution in [-0.2, 0) is 4.74 Å². The molecule has 0 aliphatic carbocycles. The van der Waals surface area contributed by atoms with Gasteiger partial charge in [-0.05, 0) is 26.8 Å². The number of alkyl halides is 3. The van der Waals surface area contributed by atoms with Gasteiger partial charge in [0, 0.05) is 25.7 Å². The van der Waals surface area contributed by atoms with Gasteiger partial charge in [-0.2, -0.15) is 13.2 Å². The minimum absolute atomic E-state index is 0.121. The van der Waals surface area contributed by atoms with Gasteiger partial charge in [0.15, 0.2) is 0 Å². The lowest BCUT2D eigenvalue weighted by molar-refractivity contribution is -0.148. The summed E-state index contributed by atoms with van der Waals surface area (Å²) in [6, 6.07) is -0.421. The quantitative estimate of drug-likeness (QED) is 0.825. The molecule has 6 heteroatoms. The molecule has 1 unspecified atom stereocenters. The van der Waals surface area contributed by atoms with Crippen LogP contribution < -0.4 is 5.32 Å². The van der Waals surface area contributed by atoms with E-state index in [9.17, 15) is 13.2 Å². The van der Waals surface area contributed by atoms with Crippen LogP contribution in [0.2, 0.25) is 0 Å². The van der Waals surface area contributed by atoms with Crippen molar-refractivity contribution in [2.24, 2.45) is 0 Å². The number of nitrogens with one attached hydrogen (secondary N) is 1. The van der Waals surface area contributed by atoms with Crippen LogP contribution in [0.1, 0.15) is 26.7 Å². The Morgan fingerprint density at radius 3 is 2.67 bits per heavy atom. The number of hydrogen-bond acceptors (Lipinski definition) is 3. The Hall–Kier alpha value is -0.330. The molecule has 0 aromatic heterocycles. The van der Waals surface area contributed by atoms with E-state index in [0.717, 1.165) is 6.54 Å². The Morgan fingerprint density at radius 2 is 2.06 bits per heavy atom. The summed E-state index contributed by atoms with van der Waals surface area (Å²) in [4.78, 5) is 1.90. The van der Waals surface area contributed by atoms with Crippen LogP contribution in [0.25, 0.3) is 0 Å². The second kappa shape index (κ2) is 7.31. The molecule has 1 aliphatic rings. The Morgan fingerprint density at radius 1 is 1.33 bits per heavy atom. The third-order valence-electron chi connectivity index (χ3n) is 3.04. The third kappa shape index (κ3) is 6.56. The molecule has 0 bridgehead atoms. The molecule has 1 saturated heterocycles. The van der Waals surface area contributed by atoms with E-state index < -0.39 is 18.6 Å². The zero-order valence-electron chi connectivity index (χ0n) is 11.1. The van der Waals surface area contributed by atoms with Crippen LogP contribution in [0.4, 0.5) is 13.2 Å². The molecule has 1 fully saturated rings. The van der Waals surface area contributed by atoms with E-state index in [-0.39, 0.29) is 6.10 Å². The number of rotatable bonds is 5. The molecule has 1 atom stereocenters. The summed E-state index contributed by atoms with van der Waals surface area (Å²) in [5.74, 6) is 0.